The van der Waals surface area contributed by atoms with Gasteiger partial charge >= 0.3 is 0 Å². The highest BCUT2D eigenvalue weighted by Crippen LogP contribution is 2.36. The third kappa shape index (κ3) is 1.29. The minimum absolute atomic E-state index is 0.00535. The molecule has 13 heavy (non-hydrogen) atoms. The van der Waals surface area contributed by atoms with E-state index in [0.717, 1.165) is 15.6 Å². The molecule has 0 spiro atoms. The van der Waals surface area contributed by atoms with E-state index in [-0.39, 0.29) is 6.61 Å². The van der Waals surface area contributed by atoms with Gasteiger partial charge in [0.2, 0.25) is 0 Å². The summed E-state index contributed by atoms with van der Waals surface area (Å²) in [6.07, 6.45) is 0. The summed E-state index contributed by atoms with van der Waals surface area (Å²) in [6.45, 7) is -0.00535. The van der Waals surface area contributed by atoms with Crippen molar-refractivity contribution in [1.82, 2.24) is 0 Å². The number of aliphatic hydroxyl groups excluding tert-OH is 1. The lowest BCUT2D eigenvalue weighted by molar-refractivity contribution is 0.283. The maximum absolute atomic E-state index is 9.08. The van der Waals surface area contributed by atoms with E-state index in [1.807, 2.05) is 5.38 Å². The first-order valence-corrected chi connectivity index (χ1v) is 5.04. The SMILES string of the molecule is Nc1csc2c(Cl)ccc(CO)c12. The van der Waals surface area contributed by atoms with Crippen molar-refractivity contribution >= 4 is 38.7 Å². The summed E-state index contributed by atoms with van der Waals surface area (Å²) in [5.41, 5.74) is 7.28. The summed E-state index contributed by atoms with van der Waals surface area (Å²) in [5, 5.41) is 12.5. The van der Waals surface area contributed by atoms with Gasteiger partial charge in [-0.05, 0) is 11.6 Å². The quantitative estimate of drug-likeness (QED) is 0.765. The average molecular weight is 214 g/mol. The van der Waals surface area contributed by atoms with Gasteiger partial charge in [-0.25, -0.2) is 0 Å². The van der Waals surface area contributed by atoms with Crippen LogP contribution in [0, 0.1) is 0 Å². The zero-order chi connectivity index (χ0) is 9.42. The Morgan fingerprint density at radius 2 is 2.23 bits per heavy atom. The third-order valence-electron chi connectivity index (χ3n) is 1.96. The standard InChI is InChI=1S/C9H8ClNOS/c10-6-2-1-5(3-12)8-7(11)4-13-9(6)8/h1-2,4,12H,3,11H2. The lowest BCUT2D eigenvalue weighted by Gasteiger charge is -2.01. The Morgan fingerprint density at radius 3 is 2.92 bits per heavy atom. The number of hydrogen-bond donors (Lipinski definition) is 2. The number of benzene rings is 1. The second-order valence-corrected chi connectivity index (χ2v) is 4.05. The summed E-state index contributed by atoms with van der Waals surface area (Å²) in [6, 6.07) is 3.58. The Balaban J connectivity index is 2.88. The van der Waals surface area contributed by atoms with Gasteiger partial charge in [0.15, 0.2) is 0 Å². The molecule has 0 aliphatic rings. The highest BCUT2D eigenvalue weighted by molar-refractivity contribution is 7.18. The molecule has 1 aromatic heterocycles. The number of nitrogen functional groups attached to an aromatic ring is 1. The van der Waals surface area contributed by atoms with Crippen LogP contribution in [-0.2, 0) is 6.61 Å². The molecule has 0 unspecified atom stereocenters. The van der Waals surface area contributed by atoms with Crippen LogP contribution in [0.5, 0.6) is 0 Å². The second kappa shape index (κ2) is 3.18. The van der Waals surface area contributed by atoms with Gasteiger partial charge in [0.25, 0.3) is 0 Å². The maximum atomic E-state index is 9.08. The number of aliphatic hydroxyl groups is 1. The van der Waals surface area contributed by atoms with Gasteiger partial charge in [-0.15, -0.1) is 11.3 Å². The Hall–Kier alpha value is -0.770. The van der Waals surface area contributed by atoms with Crippen molar-refractivity contribution in [2.75, 3.05) is 5.73 Å². The molecule has 0 saturated carbocycles. The van der Waals surface area contributed by atoms with Gasteiger partial charge in [0, 0.05) is 10.8 Å². The molecule has 0 radical (unpaired) electrons. The van der Waals surface area contributed by atoms with Crippen LogP contribution in [0.4, 0.5) is 5.69 Å². The molecule has 68 valence electrons. The first kappa shape index (κ1) is 8.81. The molecule has 0 atom stereocenters. The predicted octanol–water partition coefficient (Wildman–Crippen LogP) is 2.63. The Kier molecular flexibility index (Phi) is 2.15. The first-order chi connectivity index (χ1) is 6.24. The number of fused-ring (bicyclic) bond motifs is 1. The molecule has 0 fully saturated rings. The molecule has 2 nitrogen and oxygen atoms in total. The highest BCUT2D eigenvalue weighted by Gasteiger charge is 2.08. The molecule has 1 aromatic carbocycles. The van der Waals surface area contributed by atoms with Gasteiger partial charge in [0.05, 0.1) is 22.0 Å². The van der Waals surface area contributed by atoms with E-state index in [4.69, 9.17) is 22.4 Å². The van der Waals surface area contributed by atoms with Crippen molar-refractivity contribution < 1.29 is 5.11 Å². The predicted molar refractivity (Wildman–Crippen MR) is 57.2 cm³/mol. The number of rotatable bonds is 1. The zero-order valence-corrected chi connectivity index (χ0v) is 8.32. The molecular formula is C9H8ClNOS. The van der Waals surface area contributed by atoms with E-state index in [9.17, 15) is 0 Å². The summed E-state index contributed by atoms with van der Waals surface area (Å²) in [5.74, 6) is 0. The summed E-state index contributed by atoms with van der Waals surface area (Å²) >= 11 is 7.47. The molecule has 0 saturated heterocycles. The molecule has 2 aromatic rings. The van der Waals surface area contributed by atoms with Crippen molar-refractivity contribution in [3.63, 3.8) is 0 Å². The van der Waals surface area contributed by atoms with Crippen LogP contribution in [0.25, 0.3) is 10.1 Å². The van der Waals surface area contributed by atoms with E-state index in [1.165, 1.54) is 11.3 Å². The number of thiophene rings is 1. The Morgan fingerprint density at radius 1 is 1.46 bits per heavy atom. The van der Waals surface area contributed by atoms with Crippen LogP contribution >= 0.6 is 22.9 Å². The molecule has 1 heterocycles. The van der Waals surface area contributed by atoms with Gasteiger partial charge in [-0.1, -0.05) is 17.7 Å². The topological polar surface area (TPSA) is 46.2 Å². The molecule has 3 N–H and O–H groups in total. The zero-order valence-electron chi connectivity index (χ0n) is 6.75. The fourth-order valence-corrected chi connectivity index (χ4v) is 2.54. The number of anilines is 1. The lowest BCUT2D eigenvalue weighted by Crippen LogP contribution is -1.88. The fraction of sp³-hybridized carbons (Fsp3) is 0.111. The van der Waals surface area contributed by atoms with Crippen molar-refractivity contribution in [2.24, 2.45) is 0 Å². The fourth-order valence-electron chi connectivity index (χ4n) is 1.34. The van der Waals surface area contributed by atoms with E-state index in [0.29, 0.717) is 10.7 Å². The average Bonchev–Trinajstić information content (AvgIpc) is 2.51. The van der Waals surface area contributed by atoms with Crippen LogP contribution in [-0.4, -0.2) is 5.11 Å². The molecule has 0 amide bonds. The summed E-state index contributed by atoms with van der Waals surface area (Å²) < 4.78 is 0.950. The number of halogens is 1. The van der Waals surface area contributed by atoms with E-state index in [1.54, 1.807) is 12.1 Å². The Bertz CT molecular complexity index is 452. The highest BCUT2D eigenvalue weighted by atomic mass is 35.5. The molecule has 0 aliphatic carbocycles. The van der Waals surface area contributed by atoms with Gasteiger partial charge < -0.3 is 10.8 Å². The first-order valence-electron chi connectivity index (χ1n) is 3.79. The molecule has 2 rings (SSSR count). The van der Waals surface area contributed by atoms with Crippen LogP contribution in [0.3, 0.4) is 0 Å². The van der Waals surface area contributed by atoms with Crippen LogP contribution < -0.4 is 5.73 Å². The van der Waals surface area contributed by atoms with Gasteiger partial charge in [-0.3, -0.25) is 0 Å². The van der Waals surface area contributed by atoms with Crippen molar-refractivity contribution in [3.8, 4) is 0 Å². The smallest absolute Gasteiger partial charge is 0.0688 e. The minimum Gasteiger partial charge on any atom is -0.398 e. The molecule has 0 aliphatic heterocycles. The van der Waals surface area contributed by atoms with Gasteiger partial charge in [-0.2, -0.15) is 0 Å². The number of nitrogens with two attached hydrogens (primary N) is 1. The molecule has 0 bridgehead atoms. The van der Waals surface area contributed by atoms with Gasteiger partial charge in [0.1, 0.15) is 0 Å². The lowest BCUT2D eigenvalue weighted by atomic mass is 10.1. The summed E-state index contributed by atoms with van der Waals surface area (Å²) in [4.78, 5) is 0. The minimum atomic E-state index is -0.00535. The van der Waals surface area contributed by atoms with Crippen LogP contribution in [0.2, 0.25) is 5.02 Å². The maximum Gasteiger partial charge on any atom is 0.0688 e. The molecule has 4 heteroatoms. The van der Waals surface area contributed by atoms with Crippen LogP contribution in [0.1, 0.15) is 5.56 Å². The number of hydrogen-bond acceptors (Lipinski definition) is 3. The van der Waals surface area contributed by atoms with Crippen LogP contribution in [0.15, 0.2) is 17.5 Å². The van der Waals surface area contributed by atoms with E-state index < -0.39 is 0 Å². The second-order valence-electron chi connectivity index (χ2n) is 2.76. The van der Waals surface area contributed by atoms with Crippen molar-refractivity contribution in [1.29, 1.82) is 0 Å². The third-order valence-corrected chi connectivity index (χ3v) is 3.42. The Labute approximate surface area is 84.6 Å². The summed E-state index contributed by atoms with van der Waals surface area (Å²) in [7, 11) is 0. The monoisotopic (exact) mass is 213 g/mol. The van der Waals surface area contributed by atoms with E-state index >= 15 is 0 Å². The van der Waals surface area contributed by atoms with Crippen molar-refractivity contribution in [3.05, 3.63) is 28.1 Å². The van der Waals surface area contributed by atoms with E-state index in [2.05, 4.69) is 0 Å². The normalized spacial score (nSPS) is 10.9. The molecular weight excluding hydrogens is 206 g/mol. The largest absolute Gasteiger partial charge is 0.398 e. The van der Waals surface area contributed by atoms with Crippen molar-refractivity contribution in [2.45, 2.75) is 6.61 Å².